The fraction of sp³-hybridized carbons (Fsp3) is 0.429. The highest BCUT2D eigenvalue weighted by Gasteiger charge is 2.12. The van der Waals surface area contributed by atoms with Crippen LogP contribution in [0.15, 0.2) is 40.0 Å². The Kier molecular flexibility index (Phi) is 7.44. The monoisotopic (exact) mass is 430 g/mol. The minimum Gasteiger partial charge on any atom is -0.325 e. The van der Waals surface area contributed by atoms with Crippen molar-refractivity contribution in [1.29, 1.82) is 0 Å². The van der Waals surface area contributed by atoms with Crippen molar-refractivity contribution < 1.29 is 4.79 Å². The second kappa shape index (κ2) is 10.0. The molecule has 0 saturated carbocycles. The fourth-order valence-electron chi connectivity index (χ4n) is 2.82. The van der Waals surface area contributed by atoms with Crippen molar-refractivity contribution in [3.63, 3.8) is 0 Å². The van der Waals surface area contributed by atoms with Crippen LogP contribution in [0.2, 0.25) is 0 Å². The number of hydrogen-bond donors (Lipinski definition) is 1. The number of carbonyl (C=O) groups excluding carboxylic acids is 1. The number of para-hydroxylation sites is 1. The lowest BCUT2D eigenvalue weighted by atomic mass is 10.1. The summed E-state index contributed by atoms with van der Waals surface area (Å²) in [4.78, 5) is 30.8. The summed E-state index contributed by atoms with van der Waals surface area (Å²) >= 11 is 3.04. The van der Waals surface area contributed by atoms with Gasteiger partial charge in [0.2, 0.25) is 10.9 Å². The van der Waals surface area contributed by atoms with Crippen LogP contribution < -0.4 is 10.9 Å². The molecule has 0 aliphatic rings. The van der Waals surface area contributed by atoms with Gasteiger partial charge in [0.15, 0.2) is 0 Å². The summed E-state index contributed by atoms with van der Waals surface area (Å²) in [5, 5.41) is 8.32. The zero-order chi connectivity index (χ0) is 20.8. The van der Waals surface area contributed by atoms with Crippen molar-refractivity contribution in [3.8, 4) is 0 Å². The number of nitrogens with one attached hydrogen (secondary N) is 1. The van der Waals surface area contributed by atoms with Gasteiger partial charge >= 0.3 is 0 Å². The molecule has 0 aliphatic heterocycles. The maximum atomic E-state index is 12.4. The van der Waals surface area contributed by atoms with Gasteiger partial charge < -0.3 is 5.32 Å². The molecule has 0 fully saturated rings. The number of aryl methyl sites for hydroxylation is 1. The molecule has 8 heteroatoms. The van der Waals surface area contributed by atoms with Crippen LogP contribution in [0, 0.1) is 5.92 Å². The number of unbranched alkanes of at least 4 members (excludes halogenated alkanes) is 1. The number of aromatic nitrogens is 3. The van der Waals surface area contributed by atoms with Crippen molar-refractivity contribution in [2.24, 2.45) is 5.92 Å². The molecule has 3 rings (SSSR count). The minimum atomic E-state index is -0.150. The third-order valence-corrected chi connectivity index (χ3v) is 6.29. The summed E-state index contributed by atoms with van der Waals surface area (Å²) in [6, 6.07) is 9.26. The first-order chi connectivity index (χ1) is 14.0. The van der Waals surface area contributed by atoms with Crippen molar-refractivity contribution in [2.45, 2.75) is 57.1 Å². The smallest absolute Gasteiger partial charge is 0.275 e. The maximum absolute atomic E-state index is 12.4. The Balaban J connectivity index is 1.74. The quantitative estimate of drug-likeness (QED) is 0.495. The van der Waals surface area contributed by atoms with E-state index in [1.165, 1.54) is 15.9 Å². The van der Waals surface area contributed by atoms with Gasteiger partial charge in [0.25, 0.3) is 5.56 Å². The van der Waals surface area contributed by atoms with Gasteiger partial charge in [-0.25, -0.2) is 4.98 Å². The molecule has 1 N–H and O–H groups in total. The third kappa shape index (κ3) is 5.90. The van der Waals surface area contributed by atoms with Crippen LogP contribution in [-0.2, 0) is 17.0 Å². The lowest BCUT2D eigenvalue weighted by molar-refractivity contribution is -0.116. The molecule has 29 heavy (non-hydrogen) atoms. The molecule has 0 atom stereocenters. The van der Waals surface area contributed by atoms with E-state index >= 15 is 0 Å². The van der Waals surface area contributed by atoms with Crippen LogP contribution in [0.25, 0.3) is 4.96 Å². The maximum Gasteiger partial charge on any atom is 0.275 e. The largest absolute Gasteiger partial charge is 0.325 e. The molecular formula is C21H26N4O2S2. The van der Waals surface area contributed by atoms with E-state index in [9.17, 15) is 9.59 Å². The van der Waals surface area contributed by atoms with Crippen molar-refractivity contribution >= 4 is 39.7 Å². The summed E-state index contributed by atoms with van der Waals surface area (Å²) < 4.78 is 1.39. The van der Waals surface area contributed by atoms with E-state index in [-0.39, 0.29) is 11.5 Å². The molecule has 0 unspecified atom stereocenters. The van der Waals surface area contributed by atoms with Gasteiger partial charge in [-0.2, -0.15) is 9.61 Å². The Morgan fingerprint density at radius 2 is 2.10 bits per heavy atom. The molecule has 2 heterocycles. The molecule has 0 aliphatic carbocycles. The van der Waals surface area contributed by atoms with Gasteiger partial charge in [-0.3, -0.25) is 9.59 Å². The van der Waals surface area contributed by atoms with E-state index in [2.05, 4.69) is 22.3 Å². The molecular weight excluding hydrogens is 404 g/mol. The van der Waals surface area contributed by atoms with E-state index < -0.39 is 0 Å². The predicted molar refractivity (Wildman–Crippen MR) is 120 cm³/mol. The molecule has 0 bridgehead atoms. The second-order valence-electron chi connectivity index (χ2n) is 7.31. The van der Waals surface area contributed by atoms with E-state index in [0.29, 0.717) is 28.7 Å². The van der Waals surface area contributed by atoms with Gasteiger partial charge in [-0.05, 0) is 24.5 Å². The number of fused-ring (bicyclic) bond motifs is 1. The van der Waals surface area contributed by atoms with Crippen LogP contribution in [0.4, 0.5) is 5.69 Å². The molecule has 2 aromatic heterocycles. The van der Waals surface area contributed by atoms with Gasteiger partial charge in [-0.1, -0.05) is 50.7 Å². The summed E-state index contributed by atoms with van der Waals surface area (Å²) in [5.41, 5.74) is 1.36. The van der Waals surface area contributed by atoms with Crippen molar-refractivity contribution in [1.82, 2.24) is 14.6 Å². The van der Waals surface area contributed by atoms with E-state index in [4.69, 9.17) is 0 Å². The fourth-order valence-corrected chi connectivity index (χ4v) is 4.68. The molecule has 154 valence electrons. The molecule has 6 nitrogen and oxygen atoms in total. The lowest BCUT2D eigenvalue weighted by Crippen LogP contribution is -2.15. The Labute approximate surface area is 178 Å². The number of thioether (sulfide) groups is 1. The summed E-state index contributed by atoms with van der Waals surface area (Å²) in [6.07, 6.45) is 3.50. The topological polar surface area (TPSA) is 76.4 Å². The summed E-state index contributed by atoms with van der Waals surface area (Å²) in [6.45, 7) is 6.18. The van der Waals surface area contributed by atoms with Gasteiger partial charge in [0.05, 0.1) is 11.4 Å². The van der Waals surface area contributed by atoms with Crippen molar-refractivity contribution in [2.75, 3.05) is 5.32 Å². The SMILES string of the molecule is CCCCc1nn2c(=O)cc(CSc3ccccc3NC(=O)CC(C)C)nc2s1. The zero-order valence-electron chi connectivity index (χ0n) is 17.0. The highest BCUT2D eigenvalue weighted by molar-refractivity contribution is 7.98. The van der Waals surface area contributed by atoms with E-state index in [1.807, 2.05) is 38.1 Å². The van der Waals surface area contributed by atoms with Gasteiger partial charge in [0.1, 0.15) is 5.01 Å². The molecule has 0 saturated heterocycles. The number of carbonyl (C=O) groups is 1. The second-order valence-corrected chi connectivity index (χ2v) is 9.37. The number of hydrogen-bond acceptors (Lipinski definition) is 6. The van der Waals surface area contributed by atoms with E-state index in [0.717, 1.165) is 34.9 Å². The number of amides is 1. The molecule has 0 radical (unpaired) electrons. The average molecular weight is 431 g/mol. The minimum absolute atomic E-state index is 0.00936. The van der Waals surface area contributed by atoms with Crippen molar-refractivity contribution in [3.05, 3.63) is 51.4 Å². The Hall–Kier alpha value is -2.19. The van der Waals surface area contributed by atoms with Gasteiger partial charge in [0, 0.05) is 29.6 Å². The van der Waals surface area contributed by atoms with Gasteiger partial charge in [-0.15, -0.1) is 11.8 Å². The number of nitrogens with zero attached hydrogens (tertiary/aromatic N) is 3. The van der Waals surface area contributed by atoms with Crippen LogP contribution in [-0.4, -0.2) is 20.5 Å². The highest BCUT2D eigenvalue weighted by Crippen LogP contribution is 2.29. The van der Waals surface area contributed by atoms with Crippen LogP contribution in [0.3, 0.4) is 0 Å². The zero-order valence-corrected chi connectivity index (χ0v) is 18.6. The number of benzene rings is 1. The first-order valence-corrected chi connectivity index (χ1v) is 11.7. The molecule has 0 spiro atoms. The Morgan fingerprint density at radius 3 is 2.86 bits per heavy atom. The van der Waals surface area contributed by atoms with Crippen LogP contribution in [0.1, 0.15) is 50.7 Å². The van der Waals surface area contributed by atoms with Crippen LogP contribution in [0.5, 0.6) is 0 Å². The highest BCUT2D eigenvalue weighted by atomic mass is 32.2. The Bertz CT molecular complexity index is 1040. The molecule has 3 aromatic rings. The predicted octanol–water partition coefficient (Wildman–Crippen LogP) is 4.77. The number of anilines is 1. The van der Waals surface area contributed by atoms with E-state index in [1.54, 1.807) is 17.8 Å². The first kappa shape index (κ1) is 21.5. The standard InChI is InChI=1S/C21H26N4O2S2/c1-4-5-10-19-24-25-20(27)12-15(22-21(25)29-19)13-28-17-9-7-6-8-16(17)23-18(26)11-14(2)3/h6-9,12,14H,4-5,10-11,13H2,1-3H3,(H,23,26). The average Bonchev–Trinajstić information content (AvgIpc) is 3.08. The number of rotatable bonds is 9. The van der Waals surface area contributed by atoms with Crippen LogP contribution >= 0.6 is 23.1 Å². The first-order valence-electron chi connectivity index (χ1n) is 9.86. The lowest BCUT2D eigenvalue weighted by Gasteiger charge is -2.11. The normalized spacial score (nSPS) is 11.3. The third-order valence-electron chi connectivity index (χ3n) is 4.21. The Morgan fingerprint density at radius 1 is 1.31 bits per heavy atom. The summed E-state index contributed by atoms with van der Waals surface area (Å²) in [5.74, 6) is 0.862. The molecule has 1 amide bonds. The molecule has 1 aromatic carbocycles. The summed E-state index contributed by atoms with van der Waals surface area (Å²) in [7, 11) is 0.